The number of carbonyl (C=O) groups is 1. The summed E-state index contributed by atoms with van der Waals surface area (Å²) in [5, 5.41) is 22.4. The zero-order valence-corrected chi connectivity index (χ0v) is 16.7. The minimum absolute atomic E-state index is 0.0750. The molecule has 0 radical (unpaired) electrons. The van der Waals surface area contributed by atoms with E-state index < -0.39 is 0 Å². The van der Waals surface area contributed by atoms with Gasteiger partial charge >= 0.3 is 0 Å². The van der Waals surface area contributed by atoms with Crippen LogP contribution in [0.25, 0.3) is 0 Å². The molecule has 27 heavy (non-hydrogen) atoms. The lowest BCUT2D eigenvalue weighted by Gasteiger charge is -2.19. The molecule has 0 fully saturated rings. The number of rotatable bonds is 8. The predicted octanol–water partition coefficient (Wildman–Crippen LogP) is 3.95. The Balaban J connectivity index is 2.07. The number of hydrogen-bond donors (Lipinski definition) is 2. The molecule has 0 bridgehead atoms. The smallest absolute Gasteiger partial charge is 0.225 e. The Morgan fingerprint density at radius 2 is 2.33 bits per heavy atom. The zero-order chi connectivity index (χ0) is 20.0. The maximum Gasteiger partial charge on any atom is 0.225 e. The van der Waals surface area contributed by atoms with Crippen molar-refractivity contribution in [2.75, 3.05) is 19.0 Å². The van der Waals surface area contributed by atoms with Gasteiger partial charge in [0.15, 0.2) is 0 Å². The Morgan fingerprint density at radius 1 is 1.59 bits per heavy atom. The average Bonchev–Trinajstić information content (AvgIpc) is 3.01. The maximum absolute atomic E-state index is 12.5. The second-order valence-corrected chi connectivity index (χ2v) is 7.90. The van der Waals surface area contributed by atoms with Crippen molar-refractivity contribution in [2.45, 2.75) is 32.6 Å². The molecule has 0 saturated heterocycles. The molecule has 0 saturated carbocycles. The van der Waals surface area contributed by atoms with Gasteiger partial charge in [0, 0.05) is 17.9 Å². The molecule has 1 aromatic heterocycles. The Morgan fingerprint density at radius 3 is 2.93 bits per heavy atom. The summed E-state index contributed by atoms with van der Waals surface area (Å²) in [6, 6.07) is 2.24. The van der Waals surface area contributed by atoms with E-state index in [9.17, 15) is 15.2 Å². The molecule has 1 heterocycles. The summed E-state index contributed by atoms with van der Waals surface area (Å²) in [7, 11) is 1.56. The van der Waals surface area contributed by atoms with E-state index in [4.69, 9.17) is 4.74 Å². The maximum atomic E-state index is 12.5. The largest absolute Gasteiger partial charge is 0.497 e. The Hall–Kier alpha value is -2.36. The minimum Gasteiger partial charge on any atom is -0.497 e. The fourth-order valence-electron chi connectivity index (χ4n) is 3.13. The molecule has 0 spiro atoms. The molecule has 1 amide bonds. The third-order valence-electron chi connectivity index (χ3n) is 4.88. The number of methoxy groups -OCH3 is 1. The number of fused-ring (bicyclic) bond motifs is 1. The monoisotopic (exact) mass is 386 g/mol. The summed E-state index contributed by atoms with van der Waals surface area (Å²) >= 11 is 1.45. The number of nitriles is 1. The SMILES string of the molecule is C=C/C(=C\C(=C)C(C)CC(=O)Nc1sc2c(c1C#N)CCC(CO)C2)OC. The highest BCUT2D eigenvalue weighted by molar-refractivity contribution is 7.16. The Labute approximate surface area is 164 Å². The molecule has 2 rings (SSSR count). The molecule has 2 N–H and O–H groups in total. The van der Waals surface area contributed by atoms with Gasteiger partial charge in [-0.1, -0.05) is 20.1 Å². The number of amides is 1. The van der Waals surface area contributed by atoms with Crippen LogP contribution in [0, 0.1) is 23.2 Å². The van der Waals surface area contributed by atoms with Crippen molar-refractivity contribution in [2.24, 2.45) is 11.8 Å². The van der Waals surface area contributed by atoms with Gasteiger partial charge in [0.05, 0.1) is 12.7 Å². The van der Waals surface area contributed by atoms with Crippen molar-refractivity contribution >= 4 is 22.2 Å². The summed E-state index contributed by atoms with van der Waals surface area (Å²) < 4.78 is 5.15. The lowest BCUT2D eigenvalue weighted by Crippen LogP contribution is -2.16. The van der Waals surface area contributed by atoms with Gasteiger partial charge < -0.3 is 15.2 Å². The molecule has 1 aliphatic carbocycles. The lowest BCUT2D eigenvalue weighted by molar-refractivity contribution is -0.116. The molecule has 0 aromatic carbocycles. The topological polar surface area (TPSA) is 82.4 Å². The first-order chi connectivity index (χ1) is 12.9. The van der Waals surface area contributed by atoms with E-state index >= 15 is 0 Å². The van der Waals surface area contributed by atoms with Crippen LogP contribution in [0.4, 0.5) is 5.00 Å². The summed E-state index contributed by atoms with van der Waals surface area (Å²) in [6.07, 6.45) is 6.03. The number of aliphatic hydroxyl groups excluding tert-OH is 1. The van der Waals surface area contributed by atoms with E-state index in [1.165, 1.54) is 11.3 Å². The third-order valence-corrected chi connectivity index (χ3v) is 6.05. The third kappa shape index (κ3) is 5.09. The lowest BCUT2D eigenvalue weighted by atomic mass is 9.88. The van der Waals surface area contributed by atoms with Crippen LogP contribution in [0.5, 0.6) is 0 Å². The van der Waals surface area contributed by atoms with Crippen LogP contribution >= 0.6 is 11.3 Å². The van der Waals surface area contributed by atoms with Gasteiger partial charge in [0.25, 0.3) is 0 Å². The fraction of sp³-hybridized carbons (Fsp3) is 0.429. The molecule has 2 unspecified atom stereocenters. The van der Waals surface area contributed by atoms with Crippen molar-refractivity contribution in [1.29, 1.82) is 5.26 Å². The van der Waals surface area contributed by atoms with Gasteiger partial charge in [-0.2, -0.15) is 5.26 Å². The number of carbonyl (C=O) groups excluding carboxylic acids is 1. The van der Waals surface area contributed by atoms with E-state index in [1.807, 2.05) is 6.92 Å². The van der Waals surface area contributed by atoms with Crippen LogP contribution in [0.1, 0.15) is 35.8 Å². The molecule has 1 aromatic rings. The van der Waals surface area contributed by atoms with Crippen LogP contribution in [0.2, 0.25) is 0 Å². The molecular formula is C21H26N2O3S. The van der Waals surface area contributed by atoms with Crippen molar-refractivity contribution in [3.8, 4) is 6.07 Å². The molecule has 144 valence electrons. The second-order valence-electron chi connectivity index (χ2n) is 6.79. The molecular weight excluding hydrogens is 360 g/mol. The number of anilines is 1. The van der Waals surface area contributed by atoms with Crippen molar-refractivity contribution < 1.29 is 14.6 Å². The fourth-order valence-corrected chi connectivity index (χ4v) is 4.46. The summed E-state index contributed by atoms with van der Waals surface area (Å²) in [5.74, 6) is 0.613. The van der Waals surface area contributed by atoms with Crippen LogP contribution in [-0.2, 0) is 22.4 Å². The van der Waals surface area contributed by atoms with Crippen molar-refractivity contribution in [3.05, 3.63) is 52.6 Å². The van der Waals surface area contributed by atoms with Crippen molar-refractivity contribution in [3.63, 3.8) is 0 Å². The van der Waals surface area contributed by atoms with Crippen LogP contribution < -0.4 is 5.32 Å². The normalized spacial score (nSPS) is 17.4. The van der Waals surface area contributed by atoms with E-state index in [-0.39, 0.29) is 30.8 Å². The molecule has 6 heteroatoms. The quantitative estimate of drug-likeness (QED) is 0.523. The standard InChI is InChI=1S/C21H26N2O3S/c1-5-16(26-4)8-13(2)14(3)9-20(25)23-21-18(11-22)17-7-6-15(12-24)10-19(17)27-21/h5,8,14-15,24H,1-2,6-7,9-10,12H2,3-4H3,(H,23,25)/b16-8+. The van der Waals surface area contributed by atoms with Gasteiger partial charge in [0.2, 0.25) is 5.91 Å². The van der Waals surface area contributed by atoms with Gasteiger partial charge in [-0.15, -0.1) is 11.3 Å². The first-order valence-electron chi connectivity index (χ1n) is 8.95. The first-order valence-corrected chi connectivity index (χ1v) is 9.77. The number of nitrogens with zero attached hydrogens (tertiary/aromatic N) is 1. The number of nitrogens with one attached hydrogen (secondary N) is 1. The summed E-state index contributed by atoms with van der Waals surface area (Å²) in [4.78, 5) is 13.6. The summed E-state index contributed by atoms with van der Waals surface area (Å²) in [5.41, 5.74) is 2.37. The number of ether oxygens (including phenoxy) is 1. The summed E-state index contributed by atoms with van der Waals surface area (Å²) in [6.45, 7) is 9.74. The number of thiophene rings is 1. The zero-order valence-electron chi connectivity index (χ0n) is 15.9. The van der Waals surface area contributed by atoms with Gasteiger partial charge in [-0.25, -0.2) is 0 Å². The van der Waals surface area contributed by atoms with Crippen molar-refractivity contribution in [1.82, 2.24) is 0 Å². The number of hydrogen-bond acceptors (Lipinski definition) is 5. The van der Waals surface area contributed by atoms with Gasteiger partial charge in [0.1, 0.15) is 16.8 Å². The predicted molar refractivity (Wildman–Crippen MR) is 108 cm³/mol. The van der Waals surface area contributed by atoms with E-state index in [1.54, 1.807) is 19.3 Å². The highest BCUT2D eigenvalue weighted by Gasteiger charge is 2.26. The van der Waals surface area contributed by atoms with E-state index in [0.717, 1.165) is 35.3 Å². The van der Waals surface area contributed by atoms with E-state index in [2.05, 4.69) is 24.5 Å². The average molecular weight is 387 g/mol. The van der Waals surface area contributed by atoms with Crippen LogP contribution in [-0.4, -0.2) is 24.7 Å². The van der Waals surface area contributed by atoms with Crippen LogP contribution in [0.15, 0.2) is 36.6 Å². The molecule has 5 nitrogen and oxygen atoms in total. The number of aliphatic hydroxyl groups is 1. The Bertz CT molecular complexity index is 801. The van der Waals surface area contributed by atoms with Crippen LogP contribution in [0.3, 0.4) is 0 Å². The second kappa shape index (κ2) is 9.54. The minimum atomic E-state index is -0.150. The van der Waals surface area contributed by atoms with E-state index in [0.29, 0.717) is 16.3 Å². The highest BCUT2D eigenvalue weighted by atomic mass is 32.1. The van der Waals surface area contributed by atoms with Gasteiger partial charge in [-0.3, -0.25) is 4.79 Å². The number of allylic oxidation sites excluding steroid dienone is 3. The molecule has 2 atom stereocenters. The Kier molecular flexibility index (Phi) is 7.40. The highest BCUT2D eigenvalue weighted by Crippen LogP contribution is 2.39. The van der Waals surface area contributed by atoms with Gasteiger partial charge in [-0.05, 0) is 54.4 Å². The molecule has 0 aliphatic heterocycles. The molecule has 1 aliphatic rings. The first kappa shape index (κ1) is 20.9.